The van der Waals surface area contributed by atoms with Gasteiger partial charge in [-0.15, -0.1) is 0 Å². The van der Waals surface area contributed by atoms with E-state index in [1.54, 1.807) is 18.2 Å². The number of esters is 1. The summed E-state index contributed by atoms with van der Waals surface area (Å²) in [5, 5.41) is 0. The van der Waals surface area contributed by atoms with Crippen molar-refractivity contribution in [3.63, 3.8) is 0 Å². The van der Waals surface area contributed by atoms with Crippen LogP contribution in [0.4, 0.5) is 0 Å². The smallest absolute Gasteiger partial charge is 0.396 e. The fourth-order valence-electron chi connectivity index (χ4n) is 2.40. The van der Waals surface area contributed by atoms with Crippen LogP contribution < -0.4 is 9.68 Å². The van der Waals surface area contributed by atoms with Crippen LogP contribution in [0, 0.1) is 0 Å². The Morgan fingerprint density at radius 2 is 1.88 bits per heavy atom. The quantitative estimate of drug-likeness (QED) is 0.411. The van der Waals surface area contributed by atoms with Crippen molar-refractivity contribution < 1.29 is 18.4 Å². The van der Waals surface area contributed by atoms with Gasteiger partial charge in [0.1, 0.15) is 5.75 Å². The van der Waals surface area contributed by atoms with Crippen molar-refractivity contribution in [3.05, 3.63) is 76.4 Å². The number of hydrogen-bond acceptors (Lipinski definition) is 6. The second-order valence-electron chi connectivity index (χ2n) is 4.99. The molecule has 0 aliphatic rings. The fourth-order valence-corrected chi connectivity index (χ4v) is 3.12. The minimum Gasteiger partial charge on any atom is -0.457 e. The lowest BCUT2D eigenvalue weighted by molar-refractivity contribution is 0.0701. The highest BCUT2D eigenvalue weighted by Crippen LogP contribution is 2.34. The second-order valence-corrected chi connectivity index (χ2v) is 5.96. The molecule has 0 aliphatic heterocycles. The van der Waals surface area contributed by atoms with Crippen LogP contribution in [0.3, 0.4) is 0 Å². The molecule has 0 bridgehead atoms. The van der Waals surface area contributed by atoms with Gasteiger partial charge in [-0.05, 0) is 23.8 Å². The van der Waals surface area contributed by atoms with Gasteiger partial charge >= 0.3 is 10.9 Å². The SMILES string of the molecule is O=C(Oc1cc(-c2ccccc2)c2oc(=O)sc2c1)c1ccco1. The van der Waals surface area contributed by atoms with E-state index in [4.69, 9.17) is 13.6 Å². The molecule has 6 heteroatoms. The van der Waals surface area contributed by atoms with Gasteiger partial charge in [0.15, 0.2) is 5.58 Å². The second kappa shape index (κ2) is 5.82. The lowest BCUT2D eigenvalue weighted by atomic mass is 10.0. The van der Waals surface area contributed by atoms with Crippen molar-refractivity contribution in [1.29, 1.82) is 0 Å². The van der Waals surface area contributed by atoms with Crippen LogP contribution in [0.25, 0.3) is 21.4 Å². The molecular weight excluding hydrogens is 328 g/mol. The zero-order chi connectivity index (χ0) is 16.5. The maximum atomic E-state index is 12.1. The molecule has 0 spiro atoms. The van der Waals surface area contributed by atoms with Gasteiger partial charge in [0.2, 0.25) is 5.76 Å². The molecule has 118 valence electrons. The summed E-state index contributed by atoms with van der Waals surface area (Å²) in [6, 6.07) is 15.9. The van der Waals surface area contributed by atoms with E-state index in [9.17, 15) is 9.59 Å². The van der Waals surface area contributed by atoms with Gasteiger partial charge in [0.25, 0.3) is 0 Å². The highest BCUT2D eigenvalue weighted by atomic mass is 32.1. The molecule has 0 fully saturated rings. The van der Waals surface area contributed by atoms with Crippen molar-refractivity contribution in [3.8, 4) is 16.9 Å². The molecule has 2 aromatic carbocycles. The Morgan fingerprint density at radius 3 is 2.62 bits per heavy atom. The number of carbonyl (C=O) groups excluding carboxylic acids is 1. The van der Waals surface area contributed by atoms with Crippen LogP contribution in [0.2, 0.25) is 0 Å². The lowest BCUT2D eigenvalue weighted by Crippen LogP contribution is -2.07. The van der Waals surface area contributed by atoms with E-state index in [1.165, 1.54) is 12.3 Å². The first-order valence-corrected chi connectivity index (χ1v) is 7.91. The third-order valence-corrected chi connectivity index (χ3v) is 4.20. The number of fused-ring (bicyclic) bond motifs is 1. The van der Waals surface area contributed by atoms with Crippen molar-refractivity contribution in [2.24, 2.45) is 0 Å². The lowest BCUT2D eigenvalue weighted by Gasteiger charge is -2.07. The molecule has 0 saturated heterocycles. The van der Waals surface area contributed by atoms with Crippen LogP contribution in [0.15, 0.2) is 74.5 Å². The molecule has 0 N–H and O–H groups in total. The number of rotatable bonds is 3. The van der Waals surface area contributed by atoms with Gasteiger partial charge in [0.05, 0.1) is 11.0 Å². The van der Waals surface area contributed by atoms with Crippen LogP contribution >= 0.6 is 11.3 Å². The topological polar surface area (TPSA) is 69.7 Å². The number of hydrogen-bond donors (Lipinski definition) is 0. The van der Waals surface area contributed by atoms with Gasteiger partial charge in [-0.1, -0.05) is 41.7 Å². The summed E-state index contributed by atoms with van der Waals surface area (Å²) in [6.45, 7) is 0. The average Bonchev–Trinajstić information content (AvgIpc) is 3.23. The summed E-state index contributed by atoms with van der Waals surface area (Å²) in [6.07, 6.45) is 1.40. The van der Waals surface area contributed by atoms with Gasteiger partial charge < -0.3 is 13.6 Å². The number of ether oxygens (including phenoxy) is 1. The largest absolute Gasteiger partial charge is 0.457 e. The molecule has 0 atom stereocenters. The summed E-state index contributed by atoms with van der Waals surface area (Å²) >= 11 is 0.963. The van der Waals surface area contributed by atoms with Crippen LogP contribution in [0.1, 0.15) is 10.6 Å². The van der Waals surface area contributed by atoms with E-state index >= 15 is 0 Å². The molecule has 0 saturated carbocycles. The predicted molar refractivity (Wildman–Crippen MR) is 89.5 cm³/mol. The zero-order valence-electron chi connectivity index (χ0n) is 12.2. The number of benzene rings is 2. The summed E-state index contributed by atoms with van der Waals surface area (Å²) < 4.78 is 16.3. The van der Waals surface area contributed by atoms with E-state index in [0.717, 1.165) is 16.9 Å². The Hall–Kier alpha value is -3.12. The van der Waals surface area contributed by atoms with E-state index in [-0.39, 0.29) is 5.76 Å². The van der Waals surface area contributed by atoms with E-state index in [0.29, 0.717) is 21.6 Å². The Bertz CT molecular complexity index is 1060. The van der Waals surface area contributed by atoms with Crippen LogP contribution in [-0.2, 0) is 0 Å². The zero-order valence-corrected chi connectivity index (χ0v) is 13.0. The number of furan rings is 1. The first kappa shape index (κ1) is 14.5. The molecule has 4 aromatic rings. The minimum atomic E-state index is -0.603. The standard InChI is InChI=1S/C18H10O5S/c19-17(14-7-4-8-21-14)22-12-9-13(11-5-2-1-3-6-11)16-15(10-12)24-18(20)23-16/h1-10H. The van der Waals surface area contributed by atoms with Gasteiger partial charge in [0, 0.05) is 11.6 Å². The Morgan fingerprint density at radius 1 is 1.04 bits per heavy atom. The predicted octanol–water partition coefficient (Wildman–Crippen LogP) is 4.33. The summed E-state index contributed by atoms with van der Waals surface area (Å²) in [5.74, 6) is -0.175. The van der Waals surface area contributed by atoms with Gasteiger partial charge in [-0.3, -0.25) is 0 Å². The molecule has 2 heterocycles. The minimum absolute atomic E-state index is 0.108. The molecule has 0 radical (unpaired) electrons. The Labute approximate surface area is 139 Å². The van der Waals surface area contributed by atoms with E-state index < -0.39 is 10.9 Å². The van der Waals surface area contributed by atoms with Crippen molar-refractivity contribution in [2.75, 3.05) is 0 Å². The van der Waals surface area contributed by atoms with Crippen LogP contribution in [0.5, 0.6) is 5.75 Å². The fraction of sp³-hybridized carbons (Fsp3) is 0. The van der Waals surface area contributed by atoms with Gasteiger partial charge in [-0.2, -0.15) is 0 Å². The Balaban J connectivity index is 1.82. The number of carbonyl (C=O) groups is 1. The molecule has 24 heavy (non-hydrogen) atoms. The maximum Gasteiger partial charge on any atom is 0.396 e. The van der Waals surface area contributed by atoms with Crippen LogP contribution in [-0.4, -0.2) is 5.97 Å². The summed E-state index contributed by atoms with van der Waals surface area (Å²) in [4.78, 5) is 23.3. The normalized spacial score (nSPS) is 10.8. The first-order chi connectivity index (χ1) is 11.7. The summed E-state index contributed by atoms with van der Waals surface area (Å²) in [7, 11) is 0. The molecule has 0 aliphatic carbocycles. The first-order valence-electron chi connectivity index (χ1n) is 7.09. The molecule has 2 aromatic heterocycles. The van der Waals surface area contributed by atoms with E-state index in [1.807, 2.05) is 30.3 Å². The molecule has 0 amide bonds. The molecule has 0 unspecified atom stereocenters. The maximum absolute atomic E-state index is 12.1. The van der Waals surface area contributed by atoms with Gasteiger partial charge in [-0.25, -0.2) is 9.59 Å². The molecular formula is C18H10O5S. The van der Waals surface area contributed by atoms with Crippen molar-refractivity contribution in [2.45, 2.75) is 0 Å². The molecule has 4 rings (SSSR count). The third kappa shape index (κ3) is 2.63. The average molecular weight is 338 g/mol. The van der Waals surface area contributed by atoms with Crippen molar-refractivity contribution in [1.82, 2.24) is 0 Å². The highest BCUT2D eigenvalue weighted by Gasteiger charge is 2.16. The highest BCUT2D eigenvalue weighted by molar-refractivity contribution is 7.16. The van der Waals surface area contributed by atoms with E-state index in [2.05, 4.69) is 0 Å². The Kier molecular flexibility index (Phi) is 3.51. The third-order valence-electron chi connectivity index (χ3n) is 3.42. The summed E-state index contributed by atoms with van der Waals surface area (Å²) in [5.41, 5.74) is 2.03. The van der Waals surface area contributed by atoms with Crippen molar-refractivity contribution >= 4 is 27.6 Å². The molecule has 5 nitrogen and oxygen atoms in total. The monoisotopic (exact) mass is 338 g/mol.